The molecule has 0 atom stereocenters. The van der Waals surface area contributed by atoms with Gasteiger partial charge in [0.1, 0.15) is 5.82 Å². The molecule has 2 aromatic rings. The summed E-state index contributed by atoms with van der Waals surface area (Å²) < 4.78 is 13.4. The molecule has 0 fully saturated rings. The number of halogens is 1. The van der Waals surface area contributed by atoms with Gasteiger partial charge in [-0.05, 0) is 12.1 Å². The summed E-state index contributed by atoms with van der Waals surface area (Å²) in [4.78, 5) is 33.2. The van der Waals surface area contributed by atoms with Crippen LogP contribution in [0.3, 0.4) is 0 Å². The van der Waals surface area contributed by atoms with Gasteiger partial charge in [0.25, 0.3) is 5.69 Å². The molecule has 2 aromatic carbocycles. The van der Waals surface area contributed by atoms with Crippen molar-refractivity contribution in [2.24, 2.45) is 5.10 Å². The van der Waals surface area contributed by atoms with Crippen molar-refractivity contribution in [2.45, 2.75) is 0 Å². The van der Waals surface area contributed by atoms with Crippen LogP contribution < -0.4 is 10.7 Å². The molecular weight excluding hydrogens is 319 g/mol. The summed E-state index contributed by atoms with van der Waals surface area (Å²) in [5.41, 5.74) is 2.03. The minimum atomic E-state index is -1.11. The fourth-order valence-electron chi connectivity index (χ4n) is 1.68. The molecule has 0 spiro atoms. The first-order valence-electron chi connectivity index (χ1n) is 6.61. The quantitative estimate of drug-likeness (QED) is 0.385. The van der Waals surface area contributed by atoms with Gasteiger partial charge in [-0.2, -0.15) is 5.10 Å². The Morgan fingerprint density at radius 1 is 1.12 bits per heavy atom. The van der Waals surface area contributed by atoms with Crippen LogP contribution in [-0.4, -0.2) is 23.0 Å². The third-order valence-electron chi connectivity index (χ3n) is 2.79. The third kappa shape index (κ3) is 4.44. The van der Waals surface area contributed by atoms with Crippen LogP contribution in [-0.2, 0) is 9.59 Å². The molecule has 0 aliphatic rings. The molecule has 2 N–H and O–H groups in total. The highest BCUT2D eigenvalue weighted by molar-refractivity contribution is 6.39. The maximum atomic E-state index is 13.4. The average molecular weight is 330 g/mol. The minimum Gasteiger partial charge on any atom is -0.315 e. The molecule has 0 heterocycles. The molecule has 0 radical (unpaired) electrons. The Hall–Kier alpha value is -3.62. The second-order valence-electron chi connectivity index (χ2n) is 4.49. The van der Waals surface area contributed by atoms with E-state index in [0.29, 0.717) is 5.56 Å². The zero-order chi connectivity index (χ0) is 17.5. The van der Waals surface area contributed by atoms with Gasteiger partial charge in [-0.15, -0.1) is 0 Å². The number of carbonyl (C=O) groups excluding carboxylic acids is 2. The monoisotopic (exact) mass is 330 g/mol. The molecule has 0 aromatic heterocycles. The van der Waals surface area contributed by atoms with Crippen LogP contribution >= 0.6 is 0 Å². The number of hydrazone groups is 1. The molecule has 9 heteroatoms. The van der Waals surface area contributed by atoms with Gasteiger partial charge in [-0.1, -0.05) is 24.3 Å². The van der Waals surface area contributed by atoms with Gasteiger partial charge in [0.05, 0.1) is 16.8 Å². The predicted molar refractivity (Wildman–Crippen MR) is 83.9 cm³/mol. The number of amides is 2. The Labute approximate surface area is 135 Å². The van der Waals surface area contributed by atoms with Crippen LogP contribution in [0, 0.1) is 15.9 Å². The maximum absolute atomic E-state index is 13.4. The number of anilines is 1. The van der Waals surface area contributed by atoms with E-state index in [2.05, 4.69) is 10.4 Å². The van der Waals surface area contributed by atoms with Crippen LogP contribution in [0.25, 0.3) is 0 Å². The number of nitro groups is 1. The lowest BCUT2D eigenvalue weighted by Gasteiger charge is -2.04. The third-order valence-corrected chi connectivity index (χ3v) is 2.79. The summed E-state index contributed by atoms with van der Waals surface area (Å²) in [7, 11) is 0. The van der Waals surface area contributed by atoms with Crippen molar-refractivity contribution in [1.82, 2.24) is 5.43 Å². The number of nitrogens with one attached hydrogen (secondary N) is 2. The van der Waals surface area contributed by atoms with Crippen molar-refractivity contribution in [3.8, 4) is 0 Å². The van der Waals surface area contributed by atoms with Gasteiger partial charge < -0.3 is 5.32 Å². The summed E-state index contributed by atoms with van der Waals surface area (Å²) in [6, 6.07) is 10.9. The number of nitrogens with zero attached hydrogens (tertiary/aromatic N) is 2. The first-order valence-corrected chi connectivity index (χ1v) is 6.61. The predicted octanol–water partition coefficient (Wildman–Crippen LogP) is 1.82. The Bertz CT molecular complexity index is 823. The summed E-state index contributed by atoms with van der Waals surface area (Å²) >= 11 is 0. The Morgan fingerprint density at radius 2 is 1.88 bits per heavy atom. The lowest BCUT2D eigenvalue weighted by molar-refractivity contribution is -0.384. The van der Waals surface area contributed by atoms with E-state index in [1.54, 1.807) is 0 Å². The molecule has 2 amide bonds. The first-order chi connectivity index (χ1) is 11.5. The van der Waals surface area contributed by atoms with Crippen molar-refractivity contribution < 1.29 is 18.9 Å². The van der Waals surface area contributed by atoms with E-state index in [4.69, 9.17) is 0 Å². The van der Waals surface area contributed by atoms with Crippen molar-refractivity contribution in [1.29, 1.82) is 0 Å². The molecule has 0 unspecified atom stereocenters. The maximum Gasteiger partial charge on any atom is 0.329 e. The molecule has 2 rings (SSSR count). The van der Waals surface area contributed by atoms with Gasteiger partial charge in [-0.25, -0.2) is 9.82 Å². The highest BCUT2D eigenvalue weighted by Gasteiger charge is 2.14. The van der Waals surface area contributed by atoms with Crippen LogP contribution in [0.5, 0.6) is 0 Å². The topological polar surface area (TPSA) is 114 Å². The summed E-state index contributed by atoms with van der Waals surface area (Å²) in [6.07, 6.45) is 1.14. The van der Waals surface area contributed by atoms with E-state index < -0.39 is 22.6 Å². The van der Waals surface area contributed by atoms with Crippen molar-refractivity contribution >= 4 is 29.4 Å². The Morgan fingerprint density at radius 3 is 2.58 bits per heavy atom. The summed E-state index contributed by atoms with van der Waals surface area (Å²) in [6.45, 7) is 0. The van der Waals surface area contributed by atoms with E-state index in [0.717, 1.165) is 12.3 Å². The van der Waals surface area contributed by atoms with E-state index in [-0.39, 0.29) is 11.4 Å². The highest BCUT2D eigenvalue weighted by atomic mass is 19.1. The van der Waals surface area contributed by atoms with Crippen LogP contribution in [0.1, 0.15) is 5.56 Å². The van der Waals surface area contributed by atoms with Crippen LogP contribution in [0.2, 0.25) is 0 Å². The lowest BCUT2D eigenvalue weighted by atomic mass is 10.2. The standard InChI is InChI=1S/C15H11FN4O4/c16-12-6-1-2-7-13(12)18-14(21)15(22)19-17-9-10-4-3-5-11(8-10)20(23)24/h1-9H,(H,18,21)(H,19,22)/b17-9-. The number of para-hydroxylation sites is 1. The summed E-state index contributed by atoms with van der Waals surface area (Å²) in [5, 5.41) is 16.3. The zero-order valence-corrected chi connectivity index (χ0v) is 12.1. The first kappa shape index (κ1) is 16.7. The van der Waals surface area contributed by atoms with E-state index >= 15 is 0 Å². The number of hydrogen-bond donors (Lipinski definition) is 2. The molecule has 0 saturated carbocycles. The Kier molecular flexibility index (Phi) is 5.29. The van der Waals surface area contributed by atoms with E-state index in [1.807, 2.05) is 5.43 Å². The zero-order valence-electron chi connectivity index (χ0n) is 12.1. The number of rotatable bonds is 4. The fourth-order valence-corrected chi connectivity index (χ4v) is 1.68. The molecular formula is C15H11FN4O4. The molecule has 122 valence electrons. The second kappa shape index (κ2) is 7.58. The normalized spacial score (nSPS) is 10.4. The van der Waals surface area contributed by atoms with Gasteiger partial charge in [0.2, 0.25) is 0 Å². The van der Waals surface area contributed by atoms with Crippen LogP contribution in [0.15, 0.2) is 53.6 Å². The molecule has 24 heavy (non-hydrogen) atoms. The highest BCUT2D eigenvalue weighted by Crippen LogP contribution is 2.12. The van der Waals surface area contributed by atoms with E-state index in [1.165, 1.54) is 42.5 Å². The average Bonchev–Trinajstić information content (AvgIpc) is 2.57. The molecule has 8 nitrogen and oxygen atoms in total. The van der Waals surface area contributed by atoms with E-state index in [9.17, 15) is 24.1 Å². The van der Waals surface area contributed by atoms with Gasteiger partial charge >= 0.3 is 11.8 Å². The Balaban J connectivity index is 1.95. The number of hydrogen-bond acceptors (Lipinski definition) is 5. The van der Waals surface area contributed by atoms with Gasteiger partial charge in [0, 0.05) is 17.7 Å². The number of nitro benzene ring substituents is 1. The van der Waals surface area contributed by atoms with Crippen molar-refractivity contribution in [3.05, 3.63) is 70.0 Å². The molecule has 0 aliphatic carbocycles. The smallest absolute Gasteiger partial charge is 0.315 e. The number of benzene rings is 2. The largest absolute Gasteiger partial charge is 0.329 e. The molecule has 0 saturated heterocycles. The van der Waals surface area contributed by atoms with Gasteiger partial charge in [0.15, 0.2) is 0 Å². The van der Waals surface area contributed by atoms with Crippen molar-refractivity contribution in [2.75, 3.05) is 5.32 Å². The summed E-state index contributed by atoms with van der Waals surface area (Å²) in [5.74, 6) is -2.89. The lowest BCUT2D eigenvalue weighted by Crippen LogP contribution is -2.32. The van der Waals surface area contributed by atoms with Gasteiger partial charge in [-0.3, -0.25) is 19.7 Å². The number of non-ortho nitro benzene ring substituents is 1. The fraction of sp³-hybridized carbons (Fsp3) is 0. The SMILES string of the molecule is O=C(N/N=C\c1cccc([N+](=O)[O-])c1)C(=O)Nc1ccccc1F. The number of carbonyl (C=O) groups is 2. The molecule has 0 bridgehead atoms. The minimum absolute atomic E-state index is 0.137. The van der Waals surface area contributed by atoms with Crippen LogP contribution in [0.4, 0.5) is 15.8 Å². The molecule has 0 aliphatic heterocycles. The second-order valence-corrected chi connectivity index (χ2v) is 4.49. The van der Waals surface area contributed by atoms with Crippen molar-refractivity contribution in [3.63, 3.8) is 0 Å².